The second-order valence-electron chi connectivity index (χ2n) is 7.07. The summed E-state index contributed by atoms with van der Waals surface area (Å²) >= 11 is -1.25. The number of alkyl halides is 3. The van der Waals surface area contributed by atoms with E-state index in [1.807, 2.05) is 34.6 Å². The van der Waals surface area contributed by atoms with Crippen LogP contribution in [0.15, 0.2) is 30.6 Å². The Bertz CT molecular complexity index is 775. The Hall–Kier alpha value is -1.64. The summed E-state index contributed by atoms with van der Waals surface area (Å²) in [6.45, 7) is 9.26. The normalized spacial score (nSPS) is 15.0. The number of halogens is 3. The standard InChI is InChI=1S/C18H22F3N3OS/c1-11-8-15(12(2)24-26(25)17(3,4)5)23-10-14(11)13-6-7-22-16(9-13)18(19,20)21/h6-10,12,24H,1-5H3. The minimum atomic E-state index is -4.49. The summed E-state index contributed by atoms with van der Waals surface area (Å²) in [6.07, 6.45) is -1.81. The highest BCUT2D eigenvalue weighted by atomic mass is 32.2. The molecule has 0 amide bonds. The van der Waals surface area contributed by atoms with Crippen LogP contribution in [0.3, 0.4) is 0 Å². The first-order valence-corrected chi connectivity index (χ1v) is 9.23. The lowest BCUT2D eigenvalue weighted by Crippen LogP contribution is -2.40. The van der Waals surface area contributed by atoms with Crippen LogP contribution >= 0.6 is 0 Å². The van der Waals surface area contributed by atoms with Gasteiger partial charge in [-0.15, -0.1) is 4.72 Å². The first kappa shape index (κ1) is 20.7. The molecule has 8 heteroatoms. The Morgan fingerprint density at radius 1 is 1.15 bits per heavy atom. The Labute approximate surface area is 154 Å². The maximum absolute atomic E-state index is 12.9. The van der Waals surface area contributed by atoms with Gasteiger partial charge in [-0.1, -0.05) is 0 Å². The molecule has 142 valence electrons. The third-order valence-corrected chi connectivity index (χ3v) is 5.46. The minimum Gasteiger partial charge on any atom is -0.598 e. The van der Waals surface area contributed by atoms with Crippen LogP contribution in [0.4, 0.5) is 13.2 Å². The summed E-state index contributed by atoms with van der Waals surface area (Å²) in [6, 6.07) is 4.07. The predicted octanol–water partition coefficient (Wildman–Crippen LogP) is 4.58. The second kappa shape index (κ2) is 7.54. The van der Waals surface area contributed by atoms with Gasteiger partial charge in [0.05, 0.1) is 11.7 Å². The molecule has 2 heterocycles. The van der Waals surface area contributed by atoms with Crippen molar-refractivity contribution in [1.29, 1.82) is 0 Å². The lowest BCUT2D eigenvalue weighted by Gasteiger charge is -2.26. The fourth-order valence-corrected chi connectivity index (χ4v) is 3.06. The second-order valence-corrected chi connectivity index (χ2v) is 9.07. The summed E-state index contributed by atoms with van der Waals surface area (Å²) in [7, 11) is 0. The molecular weight excluding hydrogens is 363 g/mol. The maximum atomic E-state index is 12.9. The first-order valence-electron chi connectivity index (χ1n) is 8.08. The zero-order chi connectivity index (χ0) is 19.7. The van der Waals surface area contributed by atoms with Crippen LogP contribution in [0.2, 0.25) is 0 Å². The van der Waals surface area contributed by atoms with Gasteiger partial charge in [0.15, 0.2) is 0 Å². The van der Waals surface area contributed by atoms with E-state index in [4.69, 9.17) is 0 Å². The summed E-state index contributed by atoms with van der Waals surface area (Å²) in [5.74, 6) is 0. The molecule has 0 aliphatic heterocycles. The number of hydrogen-bond donors (Lipinski definition) is 1. The number of rotatable bonds is 4. The van der Waals surface area contributed by atoms with Gasteiger partial charge in [-0.3, -0.25) is 9.97 Å². The van der Waals surface area contributed by atoms with E-state index in [1.165, 1.54) is 6.07 Å². The molecular formula is C18H22F3N3OS. The van der Waals surface area contributed by atoms with Crippen LogP contribution in [0.1, 0.15) is 50.7 Å². The molecule has 0 radical (unpaired) electrons. The third-order valence-electron chi connectivity index (χ3n) is 3.78. The molecule has 2 aromatic heterocycles. The fraction of sp³-hybridized carbons (Fsp3) is 0.444. The molecule has 0 spiro atoms. The van der Waals surface area contributed by atoms with E-state index in [1.54, 1.807) is 12.3 Å². The van der Waals surface area contributed by atoms with E-state index in [9.17, 15) is 17.7 Å². The molecule has 2 rings (SSSR count). The van der Waals surface area contributed by atoms with Crippen molar-refractivity contribution in [2.75, 3.05) is 0 Å². The van der Waals surface area contributed by atoms with Crippen molar-refractivity contribution in [3.05, 3.63) is 47.5 Å². The summed E-state index contributed by atoms with van der Waals surface area (Å²) in [5, 5.41) is 0. The van der Waals surface area contributed by atoms with E-state index in [0.29, 0.717) is 16.8 Å². The van der Waals surface area contributed by atoms with Crippen LogP contribution < -0.4 is 4.72 Å². The molecule has 2 aromatic rings. The van der Waals surface area contributed by atoms with E-state index < -0.39 is 28.0 Å². The highest BCUT2D eigenvalue weighted by molar-refractivity contribution is 7.90. The Morgan fingerprint density at radius 3 is 2.35 bits per heavy atom. The Balaban J connectivity index is 2.28. The lowest BCUT2D eigenvalue weighted by molar-refractivity contribution is -0.141. The van der Waals surface area contributed by atoms with Gasteiger partial charge < -0.3 is 4.55 Å². The number of pyridine rings is 2. The third kappa shape index (κ3) is 4.96. The number of hydrogen-bond acceptors (Lipinski definition) is 4. The number of nitrogens with zero attached hydrogens (tertiary/aromatic N) is 2. The van der Waals surface area contributed by atoms with Crippen LogP contribution in [-0.4, -0.2) is 19.3 Å². The van der Waals surface area contributed by atoms with Gasteiger partial charge in [0.2, 0.25) is 0 Å². The predicted molar refractivity (Wildman–Crippen MR) is 96.7 cm³/mol. The molecule has 0 aliphatic carbocycles. The van der Waals surface area contributed by atoms with E-state index in [0.717, 1.165) is 17.8 Å². The maximum Gasteiger partial charge on any atom is 0.433 e. The smallest absolute Gasteiger partial charge is 0.433 e. The van der Waals surface area contributed by atoms with E-state index in [-0.39, 0.29) is 6.04 Å². The van der Waals surface area contributed by atoms with Gasteiger partial charge in [0, 0.05) is 29.3 Å². The molecule has 26 heavy (non-hydrogen) atoms. The van der Waals surface area contributed by atoms with Gasteiger partial charge in [-0.2, -0.15) is 13.2 Å². The minimum absolute atomic E-state index is 0.258. The van der Waals surface area contributed by atoms with Crippen molar-refractivity contribution in [2.45, 2.75) is 51.6 Å². The van der Waals surface area contributed by atoms with Gasteiger partial charge >= 0.3 is 6.18 Å². The SMILES string of the molecule is Cc1cc(C(C)N[S+]([O-])C(C)(C)C)ncc1-c1ccnc(C(F)(F)F)c1. The summed E-state index contributed by atoms with van der Waals surface area (Å²) in [4.78, 5) is 7.72. The van der Waals surface area contributed by atoms with Gasteiger partial charge in [-0.25, -0.2) is 0 Å². The van der Waals surface area contributed by atoms with Gasteiger partial charge in [-0.05, 0) is 63.9 Å². The van der Waals surface area contributed by atoms with Crippen molar-refractivity contribution in [1.82, 2.24) is 14.7 Å². The first-order chi connectivity index (χ1) is 11.9. The molecule has 0 aromatic carbocycles. The van der Waals surface area contributed by atoms with Crippen molar-refractivity contribution >= 4 is 11.4 Å². The molecule has 2 unspecified atom stereocenters. The van der Waals surface area contributed by atoms with Gasteiger partial charge in [0.25, 0.3) is 0 Å². The van der Waals surface area contributed by atoms with Crippen LogP contribution in [0.25, 0.3) is 11.1 Å². The Kier molecular flexibility index (Phi) is 5.99. The highest BCUT2D eigenvalue weighted by Crippen LogP contribution is 2.31. The van der Waals surface area contributed by atoms with E-state index in [2.05, 4.69) is 14.7 Å². The molecule has 0 fully saturated rings. The topological polar surface area (TPSA) is 60.9 Å². The lowest BCUT2D eigenvalue weighted by atomic mass is 10.0. The van der Waals surface area contributed by atoms with Crippen molar-refractivity contribution in [3.8, 4) is 11.1 Å². The van der Waals surface area contributed by atoms with Crippen LogP contribution in [-0.2, 0) is 17.5 Å². The largest absolute Gasteiger partial charge is 0.598 e. The molecule has 0 bridgehead atoms. The van der Waals surface area contributed by atoms with Crippen molar-refractivity contribution < 1.29 is 17.7 Å². The molecule has 2 atom stereocenters. The summed E-state index contributed by atoms with van der Waals surface area (Å²) < 4.78 is 53.4. The zero-order valence-electron chi connectivity index (χ0n) is 15.3. The molecule has 4 nitrogen and oxygen atoms in total. The highest BCUT2D eigenvalue weighted by Gasteiger charge is 2.32. The Morgan fingerprint density at radius 2 is 1.81 bits per heavy atom. The number of aromatic nitrogens is 2. The molecule has 1 N–H and O–H groups in total. The average molecular weight is 385 g/mol. The van der Waals surface area contributed by atoms with Crippen LogP contribution in [0, 0.1) is 6.92 Å². The van der Waals surface area contributed by atoms with Crippen molar-refractivity contribution in [3.63, 3.8) is 0 Å². The fourth-order valence-electron chi connectivity index (χ4n) is 2.27. The zero-order valence-corrected chi connectivity index (χ0v) is 16.1. The average Bonchev–Trinajstić information content (AvgIpc) is 2.53. The van der Waals surface area contributed by atoms with Crippen LogP contribution in [0.5, 0.6) is 0 Å². The van der Waals surface area contributed by atoms with Crippen molar-refractivity contribution in [2.24, 2.45) is 0 Å². The number of nitrogens with one attached hydrogen (secondary N) is 1. The van der Waals surface area contributed by atoms with Gasteiger partial charge in [0.1, 0.15) is 10.4 Å². The van der Waals surface area contributed by atoms with E-state index >= 15 is 0 Å². The molecule has 0 saturated heterocycles. The molecule has 0 aliphatic rings. The molecule has 0 saturated carbocycles. The monoisotopic (exact) mass is 385 g/mol. The number of aryl methyl sites for hydroxylation is 1. The summed E-state index contributed by atoms with van der Waals surface area (Å²) in [5.41, 5.74) is 1.53. The quantitative estimate of drug-likeness (QED) is 0.783.